The molecule has 0 fully saturated rings. The molecule has 76 valence electrons. The van der Waals surface area contributed by atoms with Crippen molar-refractivity contribution in [3.05, 3.63) is 28.8 Å². The van der Waals surface area contributed by atoms with Crippen molar-refractivity contribution in [1.29, 1.82) is 0 Å². The first-order valence-electron chi connectivity index (χ1n) is 4.61. The van der Waals surface area contributed by atoms with E-state index < -0.39 is 0 Å². The molecule has 0 spiro atoms. The lowest BCUT2D eigenvalue weighted by Gasteiger charge is -2.12. The first-order chi connectivity index (χ1) is 6.61. The fourth-order valence-electron chi connectivity index (χ4n) is 1.64. The molecule has 1 rings (SSSR count). The zero-order valence-corrected chi connectivity index (χ0v) is 9.09. The molecular weight excluding hydrogens is 176 g/mol. The van der Waals surface area contributed by atoms with E-state index in [4.69, 9.17) is 4.74 Å². The van der Waals surface area contributed by atoms with Crippen LogP contribution >= 0.6 is 0 Å². The molecule has 0 aromatic heterocycles. The maximum absolute atomic E-state index is 9.62. The number of methoxy groups -OCH3 is 1. The maximum Gasteiger partial charge on any atom is 0.163 e. The van der Waals surface area contributed by atoms with Crippen molar-refractivity contribution in [2.45, 2.75) is 20.8 Å². The smallest absolute Gasteiger partial charge is 0.163 e. The summed E-state index contributed by atoms with van der Waals surface area (Å²) in [6, 6.07) is 1.72. The first-order valence-corrected chi connectivity index (χ1v) is 4.61. The van der Waals surface area contributed by atoms with Gasteiger partial charge in [-0.15, -0.1) is 0 Å². The van der Waals surface area contributed by atoms with Crippen LogP contribution in [0, 0.1) is 13.8 Å². The van der Waals surface area contributed by atoms with E-state index in [1.807, 2.05) is 32.9 Å². The minimum Gasteiger partial charge on any atom is -0.504 e. The number of phenolic OH excluding ortho intramolecular Hbond substituents is 1. The summed E-state index contributed by atoms with van der Waals surface area (Å²) in [4.78, 5) is 0. The predicted molar refractivity (Wildman–Crippen MR) is 58.8 cm³/mol. The fourth-order valence-corrected chi connectivity index (χ4v) is 1.64. The Balaban J connectivity index is 3.43. The Labute approximate surface area is 84.8 Å². The summed E-state index contributed by atoms with van der Waals surface area (Å²) in [5, 5.41) is 9.62. The molecule has 14 heavy (non-hydrogen) atoms. The molecule has 0 saturated carbocycles. The van der Waals surface area contributed by atoms with Crippen molar-refractivity contribution >= 4 is 6.08 Å². The van der Waals surface area contributed by atoms with E-state index in [0.717, 1.165) is 16.7 Å². The van der Waals surface area contributed by atoms with Crippen LogP contribution in [0.3, 0.4) is 0 Å². The van der Waals surface area contributed by atoms with Gasteiger partial charge >= 0.3 is 0 Å². The maximum atomic E-state index is 9.62. The van der Waals surface area contributed by atoms with E-state index in [1.54, 1.807) is 13.2 Å². The van der Waals surface area contributed by atoms with Crippen molar-refractivity contribution in [2.75, 3.05) is 7.11 Å². The average molecular weight is 192 g/mol. The van der Waals surface area contributed by atoms with Crippen LogP contribution in [0.4, 0.5) is 0 Å². The molecule has 2 nitrogen and oxygen atoms in total. The van der Waals surface area contributed by atoms with E-state index >= 15 is 0 Å². The van der Waals surface area contributed by atoms with Crippen molar-refractivity contribution in [2.24, 2.45) is 0 Å². The van der Waals surface area contributed by atoms with Crippen LogP contribution in [0.5, 0.6) is 11.5 Å². The molecule has 0 radical (unpaired) electrons. The Kier molecular flexibility index (Phi) is 3.18. The number of hydrogen-bond donors (Lipinski definition) is 1. The minimum absolute atomic E-state index is 0.204. The van der Waals surface area contributed by atoms with Crippen molar-refractivity contribution in [3.63, 3.8) is 0 Å². The average Bonchev–Trinajstić information content (AvgIpc) is 2.12. The van der Waals surface area contributed by atoms with Gasteiger partial charge in [-0.2, -0.15) is 0 Å². The van der Waals surface area contributed by atoms with E-state index in [0.29, 0.717) is 5.75 Å². The zero-order valence-electron chi connectivity index (χ0n) is 9.09. The molecule has 1 aromatic carbocycles. The van der Waals surface area contributed by atoms with Gasteiger partial charge in [0.05, 0.1) is 7.11 Å². The van der Waals surface area contributed by atoms with Gasteiger partial charge in [-0.25, -0.2) is 0 Å². The molecule has 0 heterocycles. The molecule has 1 N–H and O–H groups in total. The third kappa shape index (κ3) is 1.74. The standard InChI is InChI=1S/C12H16O2/c1-5-6-10-8(2)7-11(13)12(14-4)9(10)3/h5-7,13H,1-4H3. The van der Waals surface area contributed by atoms with E-state index in [9.17, 15) is 5.11 Å². The summed E-state index contributed by atoms with van der Waals surface area (Å²) in [5.74, 6) is 0.763. The van der Waals surface area contributed by atoms with Gasteiger partial charge in [0.2, 0.25) is 0 Å². The number of hydrogen-bond acceptors (Lipinski definition) is 2. The summed E-state index contributed by atoms with van der Waals surface area (Å²) in [6.45, 7) is 5.89. The van der Waals surface area contributed by atoms with Crippen LogP contribution in [0.1, 0.15) is 23.6 Å². The van der Waals surface area contributed by atoms with Crippen LogP contribution in [-0.4, -0.2) is 12.2 Å². The lowest BCUT2D eigenvalue weighted by Crippen LogP contribution is -1.93. The zero-order chi connectivity index (χ0) is 10.7. The second kappa shape index (κ2) is 4.18. The molecule has 1 aromatic rings. The Morgan fingerprint density at radius 2 is 2.00 bits per heavy atom. The highest BCUT2D eigenvalue weighted by atomic mass is 16.5. The highest BCUT2D eigenvalue weighted by Gasteiger charge is 2.10. The molecule has 0 saturated heterocycles. The minimum atomic E-state index is 0.204. The quantitative estimate of drug-likeness (QED) is 0.780. The molecule has 0 aliphatic rings. The van der Waals surface area contributed by atoms with Gasteiger partial charge < -0.3 is 9.84 Å². The van der Waals surface area contributed by atoms with Gasteiger partial charge in [0.25, 0.3) is 0 Å². The second-order valence-corrected chi connectivity index (χ2v) is 3.28. The van der Waals surface area contributed by atoms with Gasteiger partial charge in [-0.1, -0.05) is 12.2 Å². The van der Waals surface area contributed by atoms with Gasteiger partial charge in [0, 0.05) is 5.56 Å². The monoisotopic (exact) mass is 192 g/mol. The third-order valence-electron chi connectivity index (χ3n) is 2.29. The molecule has 0 unspecified atom stereocenters. The van der Waals surface area contributed by atoms with Crippen molar-refractivity contribution in [1.82, 2.24) is 0 Å². The normalized spacial score (nSPS) is 10.9. The first kappa shape index (κ1) is 10.6. The lowest BCUT2D eigenvalue weighted by atomic mass is 10.0. The molecule has 0 aliphatic carbocycles. The molecule has 0 amide bonds. The SMILES string of the molecule is CC=Cc1c(C)cc(O)c(OC)c1C. The van der Waals surface area contributed by atoms with Crippen LogP contribution in [0.25, 0.3) is 6.08 Å². The highest BCUT2D eigenvalue weighted by Crippen LogP contribution is 2.34. The van der Waals surface area contributed by atoms with Crippen LogP contribution < -0.4 is 4.74 Å². The number of ether oxygens (including phenoxy) is 1. The third-order valence-corrected chi connectivity index (χ3v) is 2.29. The summed E-state index contributed by atoms with van der Waals surface area (Å²) in [5.41, 5.74) is 3.14. The number of phenols is 1. The van der Waals surface area contributed by atoms with Crippen LogP contribution in [0.2, 0.25) is 0 Å². The number of aromatic hydroxyl groups is 1. The number of benzene rings is 1. The molecule has 0 atom stereocenters. The lowest BCUT2D eigenvalue weighted by molar-refractivity contribution is 0.370. The summed E-state index contributed by atoms with van der Waals surface area (Å²) in [6.07, 6.45) is 4.00. The molecule has 0 aliphatic heterocycles. The van der Waals surface area contributed by atoms with Gasteiger partial charge in [-0.05, 0) is 38.0 Å². The Morgan fingerprint density at radius 3 is 2.50 bits per heavy atom. The van der Waals surface area contributed by atoms with E-state index in [2.05, 4.69) is 0 Å². The van der Waals surface area contributed by atoms with Crippen molar-refractivity contribution in [3.8, 4) is 11.5 Å². The molecule has 2 heteroatoms. The van der Waals surface area contributed by atoms with Gasteiger partial charge in [-0.3, -0.25) is 0 Å². The fraction of sp³-hybridized carbons (Fsp3) is 0.333. The Morgan fingerprint density at radius 1 is 1.36 bits per heavy atom. The van der Waals surface area contributed by atoms with E-state index in [-0.39, 0.29) is 5.75 Å². The topological polar surface area (TPSA) is 29.5 Å². The summed E-state index contributed by atoms with van der Waals surface area (Å²) >= 11 is 0. The van der Waals surface area contributed by atoms with Gasteiger partial charge in [0.15, 0.2) is 11.5 Å². The largest absolute Gasteiger partial charge is 0.504 e. The Bertz CT molecular complexity index is 365. The molecular formula is C12H16O2. The van der Waals surface area contributed by atoms with Crippen LogP contribution in [-0.2, 0) is 0 Å². The summed E-state index contributed by atoms with van der Waals surface area (Å²) < 4.78 is 5.13. The summed E-state index contributed by atoms with van der Waals surface area (Å²) in [7, 11) is 1.57. The van der Waals surface area contributed by atoms with Gasteiger partial charge in [0.1, 0.15) is 0 Å². The highest BCUT2D eigenvalue weighted by molar-refractivity contribution is 5.64. The predicted octanol–water partition coefficient (Wildman–Crippen LogP) is 3.05. The second-order valence-electron chi connectivity index (χ2n) is 3.28. The van der Waals surface area contributed by atoms with Crippen LogP contribution in [0.15, 0.2) is 12.1 Å². The number of allylic oxidation sites excluding steroid dienone is 1. The number of aryl methyl sites for hydroxylation is 1. The van der Waals surface area contributed by atoms with E-state index in [1.165, 1.54) is 0 Å². The number of rotatable bonds is 2. The molecule has 0 bridgehead atoms. The van der Waals surface area contributed by atoms with Crippen molar-refractivity contribution < 1.29 is 9.84 Å². The Hall–Kier alpha value is -1.44.